The van der Waals surface area contributed by atoms with E-state index in [0.717, 1.165) is 0 Å². The molecule has 1 saturated heterocycles. The summed E-state index contributed by atoms with van der Waals surface area (Å²) in [6.45, 7) is 2.99. The van der Waals surface area contributed by atoms with Crippen LogP contribution in [-0.2, 0) is 14.6 Å². The van der Waals surface area contributed by atoms with E-state index in [-0.39, 0.29) is 17.1 Å². The van der Waals surface area contributed by atoms with Gasteiger partial charge in [-0.2, -0.15) is 0 Å². The van der Waals surface area contributed by atoms with Gasteiger partial charge in [0.15, 0.2) is 9.84 Å². The topological polar surface area (TPSA) is 63.7 Å². The largest absolute Gasteiger partial charge is 0.450 e. The van der Waals surface area contributed by atoms with Crippen LogP contribution in [0.25, 0.3) is 0 Å². The van der Waals surface area contributed by atoms with Crippen molar-refractivity contribution >= 4 is 27.5 Å². The average molecular weight is 298 g/mol. The zero-order valence-electron chi connectivity index (χ0n) is 10.6. The maximum absolute atomic E-state index is 12.0. The number of alkyl halides is 1. The van der Waals surface area contributed by atoms with Crippen molar-refractivity contribution in [2.45, 2.75) is 31.4 Å². The van der Waals surface area contributed by atoms with Gasteiger partial charge in [-0.25, -0.2) is 13.2 Å². The fraction of sp³-hybridized carbons (Fsp3) is 0.909. The molecular formula is C11H20ClNO4S. The van der Waals surface area contributed by atoms with Crippen molar-refractivity contribution in [3.63, 3.8) is 0 Å². The molecular weight excluding hydrogens is 278 g/mol. The lowest BCUT2D eigenvalue weighted by atomic mass is 10.1. The number of hydrogen-bond acceptors (Lipinski definition) is 4. The summed E-state index contributed by atoms with van der Waals surface area (Å²) in [5, 5.41) is -0.341. The van der Waals surface area contributed by atoms with Crippen molar-refractivity contribution in [1.82, 2.24) is 4.90 Å². The molecule has 1 aliphatic rings. The fourth-order valence-electron chi connectivity index (χ4n) is 2.03. The molecule has 1 amide bonds. The number of carbonyl (C=O) groups excluding carboxylic acids is 1. The van der Waals surface area contributed by atoms with E-state index in [2.05, 4.69) is 0 Å². The monoisotopic (exact) mass is 297 g/mol. The van der Waals surface area contributed by atoms with Gasteiger partial charge in [-0.1, -0.05) is 0 Å². The van der Waals surface area contributed by atoms with Gasteiger partial charge in [0, 0.05) is 19.0 Å². The van der Waals surface area contributed by atoms with Crippen molar-refractivity contribution in [2.75, 3.05) is 31.3 Å². The summed E-state index contributed by atoms with van der Waals surface area (Å²) in [6.07, 6.45) is 1.11. The summed E-state index contributed by atoms with van der Waals surface area (Å²) < 4.78 is 28.8. The molecule has 18 heavy (non-hydrogen) atoms. The van der Waals surface area contributed by atoms with Crippen LogP contribution in [0.1, 0.15) is 26.2 Å². The Bertz CT molecular complexity index is 363. The zero-order chi connectivity index (χ0) is 13.6. The van der Waals surface area contributed by atoms with Crippen LogP contribution in [0.4, 0.5) is 4.79 Å². The molecule has 0 N–H and O–H groups in total. The number of halogens is 1. The number of likely N-dealkylation sites (tertiary alicyclic amines) is 1. The Hall–Kier alpha value is -0.490. The van der Waals surface area contributed by atoms with Crippen LogP contribution in [0, 0.1) is 0 Å². The molecule has 0 spiro atoms. The quantitative estimate of drug-likeness (QED) is 0.724. The number of nitrogens with zero attached hydrogens (tertiary/aromatic N) is 1. The third kappa shape index (κ3) is 4.31. The van der Waals surface area contributed by atoms with Gasteiger partial charge >= 0.3 is 6.09 Å². The van der Waals surface area contributed by atoms with Gasteiger partial charge in [-0.05, 0) is 26.2 Å². The summed E-state index contributed by atoms with van der Waals surface area (Å²) in [5.74, 6) is 0.501. The molecule has 1 aliphatic heterocycles. The number of ether oxygens (including phenoxy) is 1. The Morgan fingerprint density at radius 3 is 2.50 bits per heavy atom. The van der Waals surface area contributed by atoms with Crippen LogP contribution in [-0.4, -0.2) is 56.0 Å². The van der Waals surface area contributed by atoms with E-state index >= 15 is 0 Å². The summed E-state index contributed by atoms with van der Waals surface area (Å²) in [4.78, 5) is 13.0. The predicted molar refractivity (Wildman–Crippen MR) is 70.7 cm³/mol. The lowest BCUT2D eigenvalue weighted by molar-refractivity contribution is 0.100. The summed E-state index contributed by atoms with van der Waals surface area (Å²) >= 11 is 5.51. The van der Waals surface area contributed by atoms with Gasteiger partial charge in [-0.3, -0.25) is 0 Å². The molecule has 0 aromatic heterocycles. The first-order valence-electron chi connectivity index (χ1n) is 6.20. The first-order chi connectivity index (χ1) is 8.51. The second kappa shape index (κ2) is 7.19. The second-order valence-electron chi connectivity index (χ2n) is 4.29. The van der Waals surface area contributed by atoms with Crippen molar-refractivity contribution in [2.24, 2.45) is 0 Å². The highest BCUT2D eigenvalue weighted by atomic mass is 35.5. The second-order valence-corrected chi connectivity index (χ2v) is 7.07. The first kappa shape index (κ1) is 15.6. The number of sulfone groups is 1. The molecule has 0 atom stereocenters. The van der Waals surface area contributed by atoms with E-state index in [9.17, 15) is 13.2 Å². The molecule has 106 valence electrons. The van der Waals surface area contributed by atoms with Crippen LogP contribution >= 0.6 is 11.6 Å². The SMILES string of the molecule is CCOC(=O)N1CCC(S(=O)(=O)CCCCl)CC1. The van der Waals surface area contributed by atoms with E-state index in [4.69, 9.17) is 16.3 Å². The van der Waals surface area contributed by atoms with Crippen molar-refractivity contribution in [3.8, 4) is 0 Å². The molecule has 1 heterocycles. The van der Waals surface area contributed by atoms with E-state index < -0.39 is 9.84 Å². The van der Waals surface area contributed by atoms with Gasteiger partial charge in [0.1, 0.15) is 0 Å². The Morgan fingerprint density at radius 1 is 1.39 bits per heavy atom. The molecule has 0 bridgehead atoms. The summed E-state index contributed by atoms with van der Waals surface area (Å²) in [5.41, 5.74) is 0. The van der Waals surface area contributed by atoms with Crippen LogP contribution in [0.15, 0.2) is 0 Å². The van der Waals surface area contributed by atoms with Gasteiger partial charge in [0.2, 0.25) is 0 Å². The van der Waals surface area contributed by atoms with Gasteiger partial charge < -0.3 is 9.64 Å². The Kier molecular flexibility index (Phi) is 6.21. The van der Waals surface area contributed by atoms with Crippen LogP contribution < -0.4 is 0 Å². The summed E-state index contributed by atoms with van der Waals surface area (Å²) in [7, 11) is -3.07. The molecule has 0 saturated carbocycles. The molecule has 1 rings (SSSR count). The highest BCUT2D eigenvalue weighted by Gasteiger charge is 2.31. The normalized spacial score (nSPS) is 17.8. The number of amides is 1. The highest BCUT2D eigenvalue weighted by Crippen LogP contribution is 2.19. The van der Waals surface area contributed by atoms with E-state index in [1.807, 2.05) is 0 Å². The van der Waals surface area contributed by atoms with Crippen molar-refractivity contribution < 1.29 is 17.9 Å². The molecule has 1 fully saturated rings. The first-order valence-corrected chi connectivity index (χ1v) is 8.45. The minimum absolute atomic E-state index is 0.139. The third-order valence-corrected chi connectivity index (χ3v) is 5.65. The molecule has 0 radical (unpaired) electrons. The Labute approximate surface area is 113 Å². The number of rotatable bonds is 5. The molecule has 7 heteroatoms. The maximum Gasteiger partial charge on any atom is 0.409 e. The average Bonchev–Trinajstić information content (AvgIpc) is 2.37. The van der Waals surface area contributed by atoms with Gasteiger partial charge in [-0.15, -0.1) is 11.6 Å². The minimum Gasteiger partial charge on any atom is -0.450 e. The molecule has 0 aromatic rings. The lowest BCUT2D eigenvalue weighted by Crippen LogP contribution is -2.43. The zero-order valence-corrected chi connectivity index (χ0v) is 12.2. The minimum atomic E-state index is -3.07. The Balaban J connectivity index is 2.46. The number of piperidine rings is 1. The van der Waals surface area contributed by atoms with Crippen molar-refractivity contribution in [3.05, 3.63) is 0 Å². The van der Waals surface area contributed by atoms with Crippen LogP contribution in [0.5, 0.6) is 0 Å². The van der Waals surface area contributed by atoms with E-state index in [1.54, 1.807) is 11.8 Å². The van der Waals surface area contributed by atoms with Gasteiger partial charge in [0.25, 0.3) is 0 Å². The van der Waals surface area contributed by atoms with Crippen LogP contribution in [0.2, 0.25) is 0 Å². The number of carbonyl (C=O) groups is 1. The molecule has 0 aliphatic carbocycles. The van der Waals surface area contributed by atoms with E-state index in [0.29, 0.717) is 44.8 Å². The lowest BCUT2D eigenvalue weighted by Gasteiger charge is -2.30. The summed E-state index contributed by atoms with van der Waals surface area (Å²) in [6, 6.07) is 0. The third-order valence-electron chi connectivity index (χ3n) is 3.04. The van der Waals surface area contributed by atoms with Crippen LogP contribution in [0.3, 0.4) is 0 Å². The van der Waals surface area contributed by atoms with Gasteiger partial charge in [0.05, 0.1) is 17.6 Å². The van der Waals surface area contributed by atoms with Crippen molar-refractivity contribution in [1.29, 1.82) is 0 Å². The van der Waals surface area contributed by atoms with E-state index in [1.165, 1.54) is 0 Å². The predicted octanol–water partition coefficient (Wildman–Crippen LogP) is 1.65. The standard InChI is InChI=1S/C11H20ClNO4S/c1-2-17-11(14)13-7-4-10(5-8-13)18(15,16)9-3-6-12/h10H,2-9H2,1H3. The Morgan fingerprint density at radius 2 is 2.00 bits per heavy atom. The fourth-order valence-corrected chi connectivity index (χ4v) is 4.14. The number of hydrogen-bond donors (Lipinski definition) is 0. The molecule has 0 unspecified atom stereocenters. The highest BCUT2D eigenvalue weighted by molar-refractivity contribution is 7.92. The molecule has 0 aromatic carbocycles. The molecule has 5 nitrogen and oxygen atoms in total. The maximum atomic E-state index is 12.0. The smallest absolute Gasteiger partial charge is 0.409 e.